The van der Waals surface area contributed by atoms with E-state index < -0.39 is 0 Å². The van der Waals surface area contributed by atoms with Crippen molar-refractivity contribution in [3.05, 3.63) is 42.5 Å². The molecule has 0 saturated heterocycles. The van der Waals surface area contributed by atoms with E-state index in [0.717, 1.165) is 28.5 Å². The van der Waals surface area contributed by atoms with Crippen LogP contribution in [0.2, 0.25) is 0 Å². The zero-order valence-corrected chi connectivity index (χ0v) is 11.3. The first kappa shape index (κ1) is 11.2. The number of hydrogen-bond donors (Lipinski definition) is 1. The SMILES string of the molecule is C1=C[C@@H]2C[C@H]1CC2c1nc2ccc(-n3cnnn3)cc2[nH]1. The number of aromatic amines is 1. The monoisotopic (exact) mass is 278 g/mol. The molecule has 0 spiro atoms. The van der Waals surface area contributed by atoms with Gasteiger partial charge in [-0.25, -0.2) is 9.67 Å². The quantitative estimate of drug-likeness (QED) is 0.729. The van der Waals surface area contributed by atoms with Crippen LogP contribution >= 0.6 is 0 Å². The van der Waals surface area contributed by atoms with Crippen molar-refractivity contribution < 1.29 is 0 Å². The summed E-state index contributed by atoms with van der Waals surface area (Å²) in [6.45, 7) is 0. The number of tetrazole rings is 1. The van der Waals surface area contributed by atoms with Crippen molar-refractivity contribution in [1.29, 1.82) is 0 Å². The molecule has 2 aliphatic carbocycles. The molecule has 3 atom stereocenters. The molecule has 0 radical (unpaired) electrons. The lowest BCUT2D eigenvalue weighted by molar-refractivity contribution is 0.559. The van der Waals surface area contributed by atoms with E-state index in [1.807, 2.05) is 18.2 Å². The Morgan fingerprint density at radius 2 is 2.19 bits per heavy atom. The van der Waals surface area contributed by atoms with Gasteiger partial charge < -0.3 is 4.98 Å². The lowest BCUT2D eigenvalue weighted by Gasteiger charge is -2.14. The first-order valence-electron chi connectivity index (χ1n) is 7.28. The first-order chi connectivity index (χ1) is 10.4. The molecule has 6 nitrogen and oxygen atoms in total. The van der Waals surface area contributed by atoms with Crippen LogP contribution in [0.4, 0.5) is 0 Å². The molecule has 2 aromatic heterocycles. The van der Waals surface area contributed by atoms with E-state index in [9.17, 15) is 0 Å². The van der Waals surface area contributed by atoms with Crippen LogP contribution in [0.1, 0.15) is 24.6 Å². The topological polar surface area (TPSA) is 72.3 Å². The van der Waals surface area contributed by atoms with Gasteiger partial charge in [0.05, 0.1) is 16.7 Å². The fourth-order valence-corrected chi connectivity index (χ4v) is 3.71. The number of nitrogens with one attached hydrogen (secondary N) is 1. The normalized spacial score (nSPS) is 27.0. The minimum atomic E-state index is 0.545. The van der Waals surface area contributed by atoms with Crippen molar-refractivity contribution in [2.75, 3.05) is 0 Å². The Bertz CT molecular complexity index is 831. The smallest absolute Gasteiger partial charge is 0.143 e. The third-order valence-corrected chi connectivity index (χ3v) is 4.73. The van der Waals surface area contributed by atoms with E-state index in [4.69, 9.17) is 4.98 Å². The molecule has 2 heterocycles. The molecule has 1 unspecified atom stereocenters. The Kier molecular flexibility index (Phi) is 2.13. The van der Waals surface area contributed by atoms with Gasteiger partial charge in [0.2, 0.25) is 0 Å². The van der Waals surface area contributed by atoms with Crippen LogP contribution in [-0.2, 0) is 0 Å². The number of aromatic nitrogens is 6. The molecular formula is C15H14N6. The number of allylic oxidation sites excluding steroid dienone is 2. The molecule has 1 fully saturated rings. The Labute approximate surface area is 120 Å². The second kappa shape index (κ2) is 4.00. The fraction of sp³-hybridized carbons (Fsp3) is 0.333. The molecule has 0 amide bonds. The van der Waals surface area contributed by atoms with Gasteiger partial charge in [-0.3, -0.25) is 0 Å². The maximum atomic E-state index is 4.79. The predicted molar refractivity (Wildman–Crippen MR) is 76.9 cm³/mol. The molecule has 2 aliphatic rings. The number of rotatable bonds is 2. The largest absolute Gasteiger partial charge is 0.342 e. The van der Waals surface area contributed by atoms with E-state index >= 15 is 0 Å². The summed E-state index contributed by atoms with van der Waals surface area (Å²) in [5, 5.41) is 11.3. The average Bonchev–Trinajstić information content (AvgIpc) is 3.26. The van der Waals surface area contributed by atoms with E-state index in [-0.39, 0.29) is 0 Å². The number of imidazole rings is 1. The maximum absolute atomic E-state index is 4.79. The molecule has 1 N–H and O–H groups in total. The summed E-state index contributed by atoms with van der Waals surface area (Å²) in [5.41, 5.74) is 2.99. The van der Waals surface area contributed by atoms with Gasteiger partial charge >= 0.3 is 0 Å². The molecule has 104 valence electrons. The van der Waals surface area contributed by atoms with E-state index in [2.05, 4.69) is 32.7 Å². The number of H-pyrrole nitrogens is 1. The van der Waals surface area contributed by atoms with Gasteiger partial charge in [-0.05, 0) is 53.3 Å². The Morgan fingerprint density at radius 1 is 1.19 bits per heavy atom. The fourth-order valence-electron chi connectivity index (χ4n) is 3.71. The minimum absolute atomic E-state index is 0.545. The van der Waals surface area contributed by atoms with Crippen molar-refractivity contribution in [2.24, 2.45) is 11.8 Å². The summed E-state index contributed by atoms with van der Waals surface area (Å²) in [5.74, 6) is 3.08. The molecule has 2 bridgehead atoms. The molecule has 3 aromatic rings. The van der Waals surface area contributed by atoms with Crippen LogP contribution in [-0.4, -0.2) is 30.2 Å². The van der Waals surface area contributed by atoms with Crippen LogP contribution < -0.4 is 0 Å². The highest BCUT2D eigenvalue weighted by Crippen LogP contribution is 2.48. The van der Waals surface area contributed by atoms with Crippen molar-refractivity contribution >= 4 is 11.0 Å². The number of nitrogens with zero attached hydrogens (tertiary/aromatic N) is 5. The van der Waals surface area contributed by atoms with Crippen LogP contribution in [0.5, 0.6) is 0 Å². The highest BCUT2D eigenvalue weighted by atomic mass is 15.5. The lowest BCUT2D eigenvalue weighted by atomic mass is 9.93. The van der Waals surface area contributed by atoms with Gasteiger partial charge in [0.15, 0.2) is 0 Å². The summed E-state index contributed by atoms with van der Waals surface area (Å²) >= 11 is 0. The molecule has 1 saturated carbocycles. The molecular weight excluding hydrogens is 264 g/mol. The minimum Gasteiger partial charge on any atom is -0.342 e. The van der Waals surface area contributed by atoms with E-state index in [1.54, 1.807) is 11.0 Å². The van der Waals surface area contributed by atoms with Gasteiger partial charge in [-0.2, -0.15) is 0 Å². The van der Waals surface area contributed by atoms with Crippen molar-refractivity contribution in [3.8, 4) is 5.69 Å². The van der Waals surface area contributed by atoms with Crippen LogP contribution in [0, 0.1) is 11.8 Å². The second-order valence-corrected chi connectivity index (χ2v) is 5.96. The standard InChI is InChI=1S/C15H14N6/c1-2-10-5-9(1)6-12(10)15-17-13-4-3-11(7-14(13)18-15)21-8-16-19-20-21/h1-4,7-10,12H,5-6H2,(H,17,18)/t9-,10+,12?/m0/s1. The van der Waals surface area contributed by atoms with Crippen LogP contribution in [0.25, 0.3) is 16.7 Å². The molecule has 6 heteroatoms. The highest BCUT2D eigenvalue weighted by Gasteiger charge is 2.38. The Morgan fingerprint density at radius 3 is 2.95 bits per heavy atom. The Hall–Kier alpha value is -2.50. The molecule has 5 rings (SSSR count). The first-order valence-corrected chi connectivity index (χ1v) is 7.28. The lowest BCUT2D eigenvalue weighted by Crippen LogP contribution is -2.06. The Balaban J connectivity index is 1.57. The average molecular weight is 278 g/mol. The van der Waals surface area contributed by atoms with E-state index in [1.165, 1.54) is 12.8 Å². The van der Waals surface area contributed by atoms with Gasteiger partial charge in [0, 0.05) is 5.92 Å². The predicted octanol–water partition coefficient (Wildman–Crippen LogP) is 2.22. The third kappa shape index (κ3) is 1.65. The third-order valence-electron chi connectivity index (χ3n) is 4.73. The summed E-state index contributed by atoms with van der Waals surface area (Å²) in [7, 11) is 0. The zero-order chi connectivity index (χ0) is 13.8. The molecule has 21 heavy (non-hydrogen) atoms. The van der Waals surface area contributed by atoms with Crippen molar-refractivity contribution in [1.82, 2.24) is 30.2 Å². The highest BCUT2D eigenvalue weighted by molar-refractivity contribution is 5.77. The molecule has 0 aliphatic heterocycles. The van der Waals surface area contributed by atoms with Crippen LogP contribution in [0.15, 0.2) is 36.7 Å². The second-order valence-electron chi connectivity index (χ2n) is 5.96. The van der Waals surface area contributed by atoms with Gasteiger partial charge in [-0.1, -0.05) is 12.2 Å². The van der Waals surface area contributed by atoms with Crippen molar-refractivity contribution in [2.45, 2.75) is 18.8 Å². The summed E-state index contributed by atoms with van der Waals surface area (Å²) in [6, 6.07) is 6.06. The summed E-state index contributed by atoms with van der Waals surface area (Å²) in [6.07, 6.45) is 8.83. The maximum Gasteiger partial charge on any atom is 0.143 e. The number of benzene rings is 1. The molecule has 1 aromatic carbocycles. The summed E-state index contributed by atoms with van der Waals surface area (Å²) < 4.78 is 1.65. The summed E-state index contributed by atoms with van der Waals surface area (Å²) in [4.78, 5) is 8.28. The van der Waals surface area contributed by atoms with Crippen LogP contribution in [0.3, 0.4) is 0 Å². The number of fused-ring (bicyclic) bond motifs is 3. The zero-order valence-electron chi connectivity index (χ0n) is 11.3. The number of hydrogen-bond acceptors (Lipinski definition) is 4. The van der Waals surface area contributed by atoms with E-state index in [0.29, 0.717) is 11.8 Å². The van der Waals surface area contributed by atoms with Gasteiger partial charge in [-0.15, -0.1) is 5.10 Å². The van der Waals surface area contributed by atoms with Gasteiger partial charge in [0.25, 0.3) is 0 Å². The van der Waals surface area contributed by atoms with Crippen molar-refractivity contribution in [3.63, 3.8) is 0 Å². The van der Waals surface area contributed by atoms with Gasteiger partial charge in [0.1, 0.15) is 12.2 Å².